The molecule has 2 atom stereocenters. The predicted molar refractivity (Wildman–Crippen MR) is 187 cm³/mol. The Labute approximate surface area is 289 Å². The van der Waals surface area contributed by atoms with E-state index >= 15 is 0 Å². The molecule has 4 heterocycles. The van der Waals surface area contributed by atoms with Crippen molar-refractivity contribution in [3.8, 4) is 0 Å². The molecule has 2 saturated heterocycles. The molecule has 0 spiro atoms. The fraction of sp³-hybridized carbons (Fsp3) is 0.639. The minimum absolute atomic E-state index is 0.167. The van der Waals surface area contributed by atoms with Crippen LogP contribution in [0.4, 0.5) is 0 Å². The quantitative estimate of drug-likeness (QED) is 0.244. The third-order valence-corrected chi connectivity index (χ3v) is 7.63. The maximum Gasteiger partial charge on any atom is 0.329 e. The van der Waals surface area contributed by atoms with E-state index in [9.17, 15) is 24.0 Å². The zero-order valence-electron chi connectivity index (χ0n) is 30.1. The molecular weight excluding hydrogens is 632 g/mol. The largest absolute Gasteiger partial charge is 0.464 e. The third-order valence-electron chi connectivity index (χ3n) is 7.63. The topological polar surface area (TPSA) is 147 Å². The summed E-state index contributed by atoms with van der Waals surface area (Å²) in [5.41, 5.74) is 0.899. The van der Waals surface area contributed by atoms with Crippen LogP contribution < -0.4 is 16.4 Å². The van der Waals surface area contributed by atoms with E-state index in [1.807, 2.05) is 40.0 Å². The molecule has 0 aromatic carbocycles. The molecule has 2 aromatic heterocycles. The van der Waals surface area contributed by atoms with Crippen LogP contribution in [0.1, 0.15) is 82.4 Å². The van der Waals surface area contributed by atoms with Crippen molar-refractivity contribution in [3.63, 3.8) is 0 Å². The fourth-order valence-corrected chi connectivity index (χ4v) is 5.27. The number of nitrogens with zero attached hydrogens (tertiary/aromatic N) is 3. The molecule has 1 N–H and O–H groups in total. The van der Waals surface area contributed by atoms with Gasteiger partial charge in [-0.15, -0.1) is 0 Å². The predicted octanol–water partition coefficient (Wildman–Crippen LogP) is 3.25. The SMILES string of the molecule is C1COCCN1.CCOC(=O)C(CC(C)C)n1cc(C=O)ccc1=O.CCOC(=O)C(CC(C)C)n1cc(CN2CCOCC2)ccc1=O. The maximum atomic E-state index is 12.3. The highest BCUT2D eigenvalue weighted by molar-refractivity contribution is 5.76. The Bertz CT molecular complexity index is 1380. The van der Waals surface area contributed by atoms with Crippen LogP contribution in [0.25, 0.3) is 0 Å². The molecule has 4 rings (SSSR count). The number of ether oxygens (including phenoxy) is 4. The standard InChI is InChI=1S/C18H28N2O4.C14H19NO4.C4H9NO/c1-4-24-18(22)16(11-14(2)3)20-13-15(5-6-17(20)21)12-19-7-9-23-10-8-19;1-4-19-14(18)12(7-10(2)3)15-8-11(9-16)5-6-13(15)17;1-3-6-4-2-5-1/h5-6,13-14,16H,4,7-12H2,1-3H3;5-6,8-10,12H,4,7H2,1-3H3;5H,1-4H2. The second-order valence-electron chi connectivity index (χ2n) is 12.7. The minimum atomic E-state index is -0.688. The molecule has 2 aliphatic rings. The zero-order chi connectivity index (χ0) is 36.2. The summed E-state index contributed by atoms with van der Waals surface area (Å²) in [5.74, 6) is -0.270. The van der Waals surface area contributed by atoms with Crippen LogP contribution >= 0.6 is 0 Å². The van der Waals surface area contributed by atoms with Crippen LogP contribution in [-0.2, 0) is 35.1 Å². The number of aromatic nitrogens is 2. The van der Waals surface area contributed by atoms with Crippen molar-refractivity contribution in [1.29, 1.82) is 0 Å². The highest BCUT2D eigenvalue weighted by Gasteiger charge is 2.25. The van der Waals surface area contributed by atoms with Gasteiger partial charge in [0.1, 0.15) is 12.1 Å². The van der Waals surface area contributed by atoms with E-state index < -0.39 is 18.1 Å². The van der Waals surface area contributed by atoms with Crippen LogP contribution in [0.2, 0.25) is 0 Å². The normalized spacial score (nSPS) is 16.0. The molecule has 13 nitrogen and oxygen atoms in total. The first-order valence-corrected chi connectivity index (χ1v) is 17.3. The van der Waals surface area contributed by atoms with Crippen LogP contribution in [0.5, 0.6) is 0 Å². The molecule has 0 radical (unpaired) electrons. The third kappa shape index (κ3) is 15.2. The Morgan fingerprint density at radius 1 is 0.776 bits per heavy atom. The van der Waals surface area contributed by atoms with Gasteiger partial charge in [0.05, 0.1) is 39.6 Å². The van der Waals surface area contributed by atoms with Gasteiger partial charge in [0.25, 0.3) is 11.1 Å². The number of carbonyl (C=O) groups is 3. The van der Waals surface area contributed by atoms with Gasteiger partial charge in [-0.05, 0) is 50.2 Å². The lowest BCUT2D eigenvalue weighted by Gasteiger charge is -2.27. The lowest BCUT2D eigenvalue weighted by molar-refractivity contribution is -0.148. The molecule has 0 aliphatic carbocycles. The summed E-state index contributed by atoms with van der Waals surface area (Å²) in [6.07, 6.45) is 4.93. The Morgan fingerprint density at radius 2 is 1.27 bits per heavy atom. The van der Waals surface area contributed by atoms with Gasteiger partial charge < -0.3 is 33.4 Å². The van der Waals surface area contributed by atoms with Gasteiger partial charge >= 0.3 is 11.9 Å². The van der Waals surface area contributed by atoms with E-state index in [4.69, 9.17) is 18.9 Å². The van der Waals surface area contributed by atoms with Gasteiger partial charge in [-0.3, -0.25) is 19.3 Å². The lowest BCUT2D eigenvalue weighted by Crippen LogP contribution is -2.36. The van der Waals surface area contributed by atoms with Gasteiger partial charge in [-0.25, -0.2) is 9.59 Å². The fourth-order valence-electron chi connectivity index (χ4n) is 5.27. The number of morpholine rings is 2. The van der Waals surface area contributed by atoms with Gasteiger partial charge in [-0.2, -0.15) is 0 Å². The van der Waals surface area contributed by atoms with Crippen molar-refractivity contribution in [2.24, 2.45) is 11.8 Å². The number of rotatable bonds is 13. The van der Waals surface area contributed by atoms with Crippen molar-refractivity contribution in [3.05, 3.63) is 68.5 Å². The number of hydrogen-bond acceptors (Lipinski definition) is 11. The number of carbonyl (C=O) groups excluding carboxylic acids is 3. The minimum Gasteiger partial charge on any atom is -0.464 e. The van der Waals surface area contributed by atoms with Crippen LogP contribution in [0.15, 0.2) is 46.2 Å². The molecule has 0 bridgehead atoms. The summed E-state index contributed by atoms with van der Waals surface area (Å²) in [7, 11) is 0. The van der Waals surface area contributed by atoms with Crippen molar-refractivity contribution >= 4 is 18.2 Å². The molecular formula is C36H56N4O9. The van der Waals surface area contributed by atoms with E-state index in [0.717, 1.165) is 64.7 Å². The first-order chi connectivity index (χ1) is 23.5. The van der Waals surface area contributed by atoms with E-state index in [-0.39, 0.29) is 35.5 Å². The average molecular weight is 689 g/mol. The van der Waals surface area contributed by atoms with Crippen molar-refractivity contribution in [2.75, 3.05) is 65.8 Å². The van der Waals surface area contributed by atoms with E-state index in [2.05, 4.69) is 10.2 Å². The van der Waals surface area contributed by atoms with Gasteiger partial charge in [0.15, 0.2) is 6.29 Å². The molecule has 0 amide bonds. The summed E-state index contributed by atoms with van der Waals surface area (Å²) in [5, 5.41) is 3.16. The van der Waals surface area contributed by atoms with E-state index in [1.54, 1.807) is 19.9 Å². The van der Waals surface area contributed by atoms with Crippen molar-refractivity contribution in [2.45, 2.75) is 73.0 Å². The number of hydrogen-bond donors (Lipinski definition) is 1. The molecule has 274 valence electrons. The van der Waals surface area contributed by atoms with Gasteiger partial charge in [0.2, 0.25) is 0 Å². The number of aldehydes is 1. The first-order valence-electron chi connectivity index (χ1n) is 17.3. The summed E-state index contributed by atoms with van der Waals surface area (Å²) in [6.45, 7) is 19.9. The van der Waals surface area contributed by atoms with Crippen molar-refractivity contribution < 1.29 is 33.3 Å². The Hall–Kier alpha value is -3.65. The molecule has 2 aromatic rings. The molecule has 2 fully saturated rings. The van der Waals surface area contributed by atoms with E-state index in [0.29, 0.717) is 31.3 Å². The lowest BCUT2D eigenvalue weighted by atomic mass is 10.0. The summed E-state index contributed by atoms with van der Waals surface area (Å²) < 4.78 is 23.4. The zero-order valence-corrected chi connectivity index (χ0v) is 30.1. The van der Waals surface area contributed by atoms with Gasteiger partial charge in [0, 0.05) is 62.8 Å². The monoisotopic (exact) mass is 688 g/mol. The number of pyridine rings is 2. The summed E-state index contributed by atoms with van der Waals surface area (Å²) in [6, 6.07) is 4.85. The second-order valence-corrected chi connectivity index (χ2v) is 12.7. The van der Waals surface area contributed by atoms with Crippen molar-refractivity contribution in [1.82, 2.24) is 19.4 Å². The summed E-state index contributed by atoms with van der Waals surface area (Å²) in [4.78, 5) is 61.5. The molecule has 2 aliphatic heterocycles. The Morgan fingerprint density at radius 3 is 1.69 bits per heavy atom. The number of nitrogens with one attached hydrogen (secondary N) is 1. The highest BCUT2D eigenvalue weighted by atomic mass is 16.5. The number of esters is 2. The molecule has 2 unspecified atom stereocenters. The average Bonchev–Trinajstić information content (AvgIpc) is 3.09. The van der Waals surface area contributed by atoms with E-state index in [1.165, 1.54) is 27.5 Å². The molecule has 49 heavy (non-hydrogen) atoms. The van der Waals surface area contributed by atoms with Crippen LogP contribution in [-0.4, -0.2) is 98.1 Å². The van der Waals surface area contributed by atoms with Crippen LogP contribution in [0, 0.1) is 11.8 Å². The molecule has 13 heteroatoms. The summed E-state index contributed by atoms with van der Waals surface area (Å²) >= 11 is 0. The second kappa shape index (κ2) is 22.9. The Balaban J connectivity index is 0.000000295. The van der Waals surface area contributed by atoms with Gasteiger partial charge in [-0.1, -0.05) is 33.8 Å². The smallest absolute Gasteiger partial charge is 0.329 e. The highest BCUT2D eigenvalue weighted by Crippen LogP contribution is 2.20. The first kappa shape index (κ1) is 41.5. The molecule has 0 saturated carbocycles. The maximum absolute atomic E-state index is 12.3. The Kier molecular flexibility index (Phi) is 19.4. The van der Waals surface area contributed by atoms with Crippen LogP contribution in [0.3, 0.4) is 0 Å².